The van der Waals surface area contributed by atoms with Crippen molar-refractivity contribution in [2.45, 2.75) is 20.3 Å². The van der Waals surface area contributed by atoms with E-state index in [-0.39, 0.29) is 0 Å². The van der Waals surface area contributed by atoms with Crippen LogP contribution >= 0.6 is 11.3 Å². The Hall–Kier alpha value is -0.630. The van der Waals surface area contributed by atoms with Gasteiger partial charge in [-0.25, -0.2) is 4.98 Å². The normalized spacial score (nSPS) is 11.0. The number of aryl methyl sites for hydroxylation is 1. The summed E-state index contributed by atoms with van der Waals surface area (Å²) in [5, 5.41) is 0. The molecule has 1 nitrogen and oxygen atoms in total. The first-order chi connectivity index (χ1) is 4.84. The summed E-state index contributed by atoms with van der Waals surface area (Å²) in [7, 11) is 0. The second kappa shape index (κ2) is 3.52. The molecule has 2 heteroatoms. The fourth-order valence-electron chi connectivity index (χ4n) is 0.747. The van der Waals surface area contributed by atoms with Gasteiger partial charge in [-0.1, -0.05) is 12.2 Å². The van der Waals surface area contributed by atoms with Crippen molar-refractivity contribution >= 4 is 11.3 Å². The van der Waals surface area contributed by atoms with E-state index in [1.54, 1.807) is 11.3 Å². The Morgan fingerprint density at radius 3 is 3.00 bits per heavy atom. The molecule has 0 saturated heterocycles. The van der Waals surface area contributed by atoms with Crippen LogP contribution in [0.5, 0.6) is 0 Å². The lowest BCUT2D eigenvalue weighted by molar-refractivity contribution is 1.18. The SMILES string of the molecule is C/C=C\Cc1scnc1C. The van der Waals surface area contributed by atoms with E-state index < -0.39 is 0 Å². The molecule has 0 fully saturated rings. The average Bonchev–Trinajstić information content (AvgIpc) is 2.31. The highest BCUT2D eigenvalue weighted by molar-refractivity contribution is 7.09. The quantitative estimate of drug-likeness (QED) is 0.595. The van der Waals surface area contributed by atoms with Crippen LogP contribution in [0.3, 0.4) is 0 Å². The van der Waals surface area contributed by atoms with Gasteiger partial charge in [0, 0.05) is 11.3 Å². The van der Waals surface area contributed by atoms with E-state index in [1.807, 2.05) is 12.4 Å². The van der Waals surface area contributed by atoms with Crippen LogP contribution in [0.25, 0.3) is 0 Å². The second-order valence-corrected chi connectivity index (χ2v) is 3.07. The van der Waals surface area contributed by atoms with Crippen molar-refractivity contribution in [2.75, 3.05) is 0 Å². The lowest BCUT2D eigenvalue weighted by Gasteiger charge is -1.88. The Balaban J connectivity index is 2.65. The van der Waals surface area contributed by atoms with Crippen molar-refractivity contribution in [1.82, 2.24) is 4.98 Å². The van der Waals surface area contributed by atoms with Gasteiger partial charge in [0.25, 0.3) is 0 Å². The van der Waals surface area contributed by atoms with Crippen LogP contribution in [0.15, 0.2) is 17.7 Å². The molecule has 0 aliphatic carbocycles. The van der Waals surface area contributed by atoms with Crippen molar-refractivity contribution in [1.29, 1.82) is 0 Å². The van der Waals surface area contributed by atoms with Gasteiger partial charge >= 0.3 is 0 Å². The molecule has 0 bridgehead atoms. The van der Waals surface area contributed by atoms with Gasteiger partial charge in [-0.15, -0.1) is 11.3 Å². The summed E-state index contributed by atoms with van der Waals surface area (Å²) >= 11 is 1.73. The molecule has 0 N–H and O–H groups in total. The molecule has 0 aliphatic rings. The zero-order valence-electron chi connectivity index (χ0n) is 6.29. The smallest absolute Gasteiger partial charge is 0.0797 e. The van der Waals surface area contributed by atoms with Gasteiger partial charge in [-0.2, -0.15) is 0 Å². The third-order valence-electron chi connectivity index (χ3n) is 1.38. The topological polar surface area (TPSA) is 12.9 Å². The van der Waals surface area contributed by atoms with Gasteiger partial charge in [0.1, 0.15) is 0 Å². The maximum Gasteiger partial charge on any atom is 0.0797 e. The van der Waals surface area contributed by atoms with Gasteiger partial charge in [0.15, 0.2) is 0 Å². The highest BCUT2D eigenvalue weighted by atomic mass is 32.1. The number of allylic oxidation sites excluding steroid dienone is 2. The zero-order chi connectivity index (χ0) is 7.40. The molecule has 1 aromatic heterocycles. The summed E-state index contributed by atoms with van der Waals surface area (Å²) in [6.45, 7) is 4.09. The van der Waals surface area contributed by atoms with Crippen LogP contribution in [0.4, 0.5) is 0 Å². The summed E-state index contributed by atoms with van der Waals surface area (Å²) in [6, 6.07) is 0. The Labute approximate surface area is 65.4 Å². The van der Waals surface area contributed by atoms with Gasteiger partial charge in [-0.3, -0.25) is 0 Å². The maximum absolute atomic E-state index is 4.15. The summed E-state index contributed by atoms with van der Waals surface area (Å²) in [6.07, 6.45) is 5.26. The number of rotatable bonds is 2. The molecular weight excluding hydrogens is 142 g/mol. The third kappa shape index (κ3) is 1.67. The summed E-state index contributed by atoms with van der Waals surface area (Å²) in [5.74, 6) is 0. The Kier molecular flexibility index (Phi) is 2.63. The van der Waals surface area contributed by atoms with Crippen LogP contribution in [0.1, 0.15) is 17.5 Å². The molecule has 0 radical (unpaired) electrons. The first-order valence-electron chi connectivity index (χ1n) is 3.34. The van der Waals surface area contributed by atoms with E-state index >= 15 is 0 Å². The molecule has 0 aromatic carbocycles. The molecule has 0 amide bonds. The minimum absolute atomic E-state index is 1.03. The van der Waals surface area contributed by atoms with E-state index in [1.165, 1.54) is 10.6 Å². The van der Waals surface area contributed by atoms with Gasteiger partial charge in [-0.05, 0) is 13.8 Å². The lowest BCUT2D eigenvalue weighted by atomic mass is 10.3. The van der Waals surface area contributed by atoms with Gasteiger partial charge < -0.3 is 0 Å². The van der Waals surface area contributed by atoms with E-state index in [0.717, 1.165) is 6.42 Å². The summed E-state index contributed by atoms with van der Waals surface area (Å²) in [5.41, 5.74) is 3.07. The molecule has 10 heavy (non-hydrogen) atoms. The fraction of sp³-hybridized carbons (Fsp3) is 0.375. The Morgan fingerprint density at radius 1 is 1.70 bits per heavy atom. The monoisotopic (exact) mass is 153 g/mol. The summed E-state index contributed by atoms with van der Waals surface area (Å²) in [4.78, 5) is 5.53. The molecule has 0 atom stereocenters. The van der Waals surface area contributed by atoms with Crippen molar-refractivity contribution < 1.29 is 0 Å². The Morgan fingerprint density at radius 2 is 2.50 bits per heavy atom. The van der Waals surface area contributed by atoms with Crippen molar-refractivity contribution in [3.05, 3.63) is 28.2 Å². The molecule has 0 aliphatic heterocycles. The third-order valence-corrected chi connectivity index (χ3v) is 2.34. The van der Waals surface area contributed by atoms with E-state index in [0.29, 0.717) is 0 Å². The number of hydrogen-bond donors (Lipinski definition) is 0. The number of nitrogens with zero attached hydrogens (tertiary/aromatic N) is 1. The molecule has 1 rings (SSSR count). The van der Waals surface area contributed by atoms with E-state index in [2.05, 4.69) is 24.1 Å². The van der Waals surface area contributed by atoms with Gasteiger partial charge in [0.05, 0.1) is 11.2 Å². The fourth-order valence-corrected chi connectivity index (χ4v) is 1.50. The minimum Gasteiger partial charge on any atom is -0.250 e. The molecule has 0 unspecified atom stereocenters. The minimum atomic E-state index is 1.03. The molecule has 1 aromatic rings. The first-order valence-corrected chi connectivity index (χ1v) is 4.22. The van der Waals surface area contributed by atoms with Crippen molar-refractivity contribution in [3.8, 4) is 0 Å². The van der Waals surface area contributed by atoms with Crippen LogP contribution in [0, 0.1) is 6.92 Å². The van der Waals surface area contributed by atoms with E-state index in [4.69, 9.17) is 0 Å². The van der Waals surface area contributed by atoms with E-state index in [9.17, 15) is 0 Å². The first kappa shape index (κ1) is 7.48. The largest absolute Gasteiger partial charge is 0.250 e. The van der Waals surface area contributed by atoms with Crippen molar-refractivity contribution in [2.24, 2.45) is 0 Å². The maximum atomic E-state index is 4.15. The highest BCUT2D eigenvalue weighted by Crippen LogP contribution is 2.12. The number of thiazole rings is 1. The molecule has 54 valence electrons. The lowest BCUT2D eigenvalue weighted by Crippen LogP contribution is -1.78. The zero-order valence-corrected chi connectivity index (χ0v) is 7.11. The van der Waals surface area contributed by atoms with Crippen LogP contribution in [0.2, 0.25) is 0 Å². The Bertz CT molecular complexity index is 225. The molecule has 1 heterocycles. The average molecular weight is 153 g/mol. The van der Waals surface area contributed by atoms with Crippen LogP contribution in [-0.2, 0) is 6.42 Å². The molecular formula is C8H11NS. The predicted octanol–water partition coefficient (Wildman–Crippen LogP) is 2.57. The van der Waals surface area contributed by atoms with Crippen molar-refractivity contribution in [3.63, 3.8) is 0 Å². The standard InChI is InChI=1S/C8H11NS/c1-3-4-5-8-7(2)9-6-10-8/h3-4,6H,5H2,1-2H3/b4-3-. The predicted molar refractivity (Wildman–Crippen MR) is 45.4 cm³/mol. The van der Waals surface area contributed by atoms with Crippen LogP contribution < -0.4 is 0 Å². The second-order valence-electron chi connectivity index (χ2n) is 2.13. The molecule has 0 saturated carbocycles. The number of aromatic nitrogens is 1. The van der Waals surface area contributed by atoms with Gasteiger partial charge in [0.2, 0.25) is 0 Å². The summed E-state index contributed by atoms with van der Waals surface area (Å²) < 4.78 is 0. The molecule has 0 spiro atoms. The van der Waals surface area contributed by atoms with Crippen LogP contribution in [-0.4, -0.2) is 4.98 Å². The highest BCUT2D eigenvalue weighted by Gasteiger charge is 1.96. The number of hydrogen-bond acceptors (Lipinski definition) is 2.